The number of ether oxygens (including phenoxy) is 15. The summed E-state index contributed by atoms with van der Waals surface area (Å²) in [6.07, 6.45) is -2.15. The van der Waals surface area contributed by atoms with Gasteiger partial charge in [0.05, 0.1) is 197 Å². The van der Waals surface area contributed by atoms with E-state index >= 15 is 0 Å². The minimum absolute atomic E-state index is 0.0877. The van der Waals surface area contributed by atoms with Gasteiger partial charge in [-0.1, -0.05) is 68.4 Å². The second-order valence-corrected chi connectivity index (χ2v) is 26.4. The molecular weight excluding hydrogens is 1510 g/mol. The number of aliphatic hydroxyl groups excluding tert-OH is 1. The van der Waals surface area contributed by atoms with Gasteiger partial charge in [0.25, 0.3) is 11.5 Å². The van der Waals surface area contributed by atoms with Crippen LogP contribution in [-0.4, -0.2) is 276 Å². The van der Waals surface area contributed by atoms with E-state index in [1.54, 1.807) is 33.0 Å². The first-order valence-corrected chi connectivity index (χ1v) is 38.3. The monoisotopic (exact) mass is 1620 g/mol. The number of alkyl halides is 3. The lowest BCUT2D eigenvalue weighted by molar-refractivity contribution is -0.170. The minimum Gasteiger partial charge on any atom is -0.497 e. The number of likely N-dealkylation sites (tertiary alicyclic amines) is 1. The molecule has 0 radical (unpaired) electrons. The van der Waals surface area contributed by atoms with E-state index in [2.05, 4.69) is 35.9 Å². The maximum absolute atomic E-state index is 13.9. The fraction of sp³-hybridized carbons (Fsp3) is 0.550. The number of hydrogen-bond acceptors (Lipinski definition) is 26. The fourth-order valence-corrected chi connectivity index (χ4v) is 11.7. The first-order chi connectivity index (χ1) is 55.7. The van der Waals surface area contributed by atoms with Crippen molar-refractivity contribution < 1.29 is 118 Å². The van der Waals surface area contributed by atoms with Gasteiger partial charge in [0, 0.05) is 49.9 Å². The highest BCUT2D eigenvalue weighted by Gasteiger charge is 2.44. The number of anilines is 2. The average Bonchev–Trinajstić information content (AvgIpc) is 1.24. The van der Waals surface area contributed by atoms with E-state index in [0.29, 0.717) is 142 Å². The van der Waals surface area contributed by atoms with Crippen molar-refractivity contribution in [1.29, 1.82) is 0 Å². The number of nitrogens with one attached hydrogen (secondary N) is 4. The molecule has 3 heterocycles. The summed E-state index contributed by atoms with van der Waals surface area (Å²) >= 11 is 0. The topological polar surface area (TPSA) is 375 Å². The van der Waals surface area contributed by atoms with Crippen molar-refractivity contribution in [3.8, 4) is 11.5 Å². The zero-order chi connectivity index (χ0) is 82.5. The Morgan fingerprint density at radius 3 is 1.57 bits per heavy atom. The van der Waals surface area contributed by atoms with Crippen LogP contribution in [0.25, 0.3) is 11.2 Å². The summed E-state index contributed by atoms with van der Waals surface area (Å²) < 4.78 is 126. The third-order valence-electron chi connectivity index (χ3n) is 17.8. The van der Waals surface area contributed by atoms with Gasteiger partial charge in [-0.25, -0.2) is 14.8 Å². The van der Waals surface area contributed by atoms with Crippen LogP contribution in [0.1, 0.15) is 91.5 Å². The molecule has 7 rings (SSSR count). The molecule has 1 aliphatic rings. The number of rotatable bonds is 58. The zero-order valence-electron chi connectivity index (χ0n) is 65.8. The smallest absolute Gasteiger partial charge is 0.471 e. The third kappa shape index (κ3) is 32.4. The quantitative estimate of drug-likeness (QED) is 0.0159. The number of aliphatic hydroxyl groups is 1. The van der Waals surface area contributed by atoms with E-state index in [9.17, 15) is 51.8 Å². The van der Waals surface area contributed by atoms with Crippen molar-refractivity contribution in [2.24, 2.45) is 5.92 Å². The first-order valence-electron chi connectivity index (χ1n) is 38.3. The second-order valence-electron chi connectivity index (χ2n) is 26.4. The number of benzene rings is 4. The van der Waals surface area contributed by atoms with Gasteiger partial charge < -0.3 is 91.7 Å². The summed E-state index contributed by atoms with van der Waals surface area (Å²) in [6, 6.07) is 28.3. The van der Waals surface area contributed by atoms with Crippen LogP contribution in [0.2, 0.25) is 0 Å². The molecule has 35 heteroatoms. The molecule has 0 saturated carbocycles. The van der Waals surface area contributed by atoms with E-state index in [4.69, 9.17) is 71.1 Å². The van der Waals surface area contributed by atoms with Crippen LogP contribution in [0.4, 0.5) is 24.8 Å². The largest absolute Gasteiger partial charge is 0.497 e. The molecule has 0 bridgehead atoms. The minimum atomic E-state index is -5.35. The number of fused-ring (bicyclic) bond motifs is 1. The van der Waals surface area contributed by atoms with Crippen molar-refractivity contribution in [2.75, 3.05) is 197 Å². The Morgan fingerprint density at radius 1 is 0.600 bits per heavy atom. The molecule has 6 aromatic rings. The van der Waals surface area contributed by atoms with Crippen LogP contribution in [0, 0.1) is 5.92 Å². The number of esters is 1. The summed E-state index contributed by atoms with van der Waals surface area (Å²) in [5.41, 5.74) is -0.476. The predicted molar refractivity (Wildman–Crippen MR) is 412 cm³/mol. The Labute approximate surface area is 666 Å². The zero-order valence-corrected chi connectivity index (χ0v) is 65.8. The number of H-pyrrole nitrogens is 1. The second kappa shape index (κ2) is 51.7. The lowest BCUT2D eigenvalue weighted by Gasteiger charge is -2.38. The van der Waals surface area contributed by atoms with Crippen LogP contribution < -0.4 is 35.9 Å². The summed E-state index contributed by atoms with van der Waals surface area (Å²) in [7, 11) is 4.35. The molecule has 1 saturated heterocycles. The Hall–Kier alpha value is -9.21. The summed E-state index contributed by atoms with van der Waals surface area (Å²) in [4.78, 5) is 106. The van der Waals surface area contributed by atoms with E-state index in [1.165, 1.54) is 0 Å². The van der Waals surface area contributed by atoms with Gasteiger partial charge in [-0.2, -0.15) is 18.2 Å². The number of nitrogens with zero attached hydrogens (tertiary/aromatic N) is 5. The Bertz CT molecular complexity index is 3860. The van der Waals surface area contributed by atoms with E-state index < -0.39 is 71.5 Å². The molecule has 0 spiro atoms. The average molecular weight is 1620 g/mol. The van der Waals surface area contributed by atoms with Gasteiger partial charge in [-0.15, -0.1) is 0 Å². The van der Waals surface area contributed by atoms with Crippen molar-refractivity contribution in [3.05, 3.63) is 148 Å². The molecule has 632 valence electrons. The van der Waals surface area contributed by atoms with Gasteiger partial charge in [0.1, 0.15) is 23.1 Å². The standard InChI is InChI=1S/C80H108F3N9O23/c1-57(2)73(96)89-78-88-72-71(75(98)90-78)86-62(53-85-72)54-92(77(100)80(81,82)83)63-20-14-58(15-21-63)74(97)87-68(76(99)103-5)26-27-69(94)84-29-33-106-35-37-108-39-41-110-43-45-112-47-49-114-51-50-113-48-46-111-44-42-109-40-38-107-36-34-105-31-11-7-10-30-104-32-28-70(95)91-55-65(93)52-64(91)56-115-79(59-12-8-6-9-13-59,60-16-22-66(101-3)23-17-60)61-18-24-67(102-4)25-19-61/h6,8-9,12-25,53,57,64-65,68,93H,7,10-11,26-52,54-56H2,1-5H3,(H,84,94)(H,87,97)(H2,85,88,89,90,96,98)/t64-,65+,68-/m0/s1. The SMILES string of the molecule is COC(=O)[C@H](CCC(=O)NCCOCCOCCOCCOCCOCCOCCOCCOCCOCCOCCCCCOCCC(=O)N1C[C@H](O)C[C@H]1COC(c1ccccc1)(c1ccc(OC)cc1)c1ccc(OC)cc1)NC(=O)c1ccc(N(Cc2cnc3nc(NC(=O)C(C)C)[nH]c(=O)c3n2)C(=O)C(F)(F)F)cc1. The lowest BCUT2D eigenvalue weighted by Crippen LogP contribution is -2.42. The maximum Gasteiger partial charge on any atom is 0.471 e. The van der Waals surface area contributed by atoms with Gasteiger partial charge in [-0.05, 0) is 97.3 Å². The third-order valence-corrected chi connectivity index (χ3v) is 17.8. The van der Waals surface area contributed by atoms with E-state index in [1.807, 2.05) is 78.9 Å². The molecule has 5 N–H and O–H groups in total. The van der Waals surface area contributed by atoms with Crippen LogP contribution in [0.15, 0.2) is 114 Å². The number of aromatic nitrogens is 4. The number of halogens is 3. The van der Waals surface area contributed by atoms with E-state index in [0.717, 1.165) is 73.5 Å². The summed E-state index contributed by atoms with van der Waals surface area (Å²) in [5, 5.41) is 18.3. The number of methoxy groups -OCH3 is 3. The molecule has 32 nitrogen and oxygen atoms in total. The summed E-state index contributed by atoms with van der Waals surface area (Å²) in [5.74, 6) is -4.22. The van der Waals surface area contributed by atoms with Crippen LogP contribution in [0.3, 0.4) is 0 Å². The highest BCUT2D eigenvalue weighted by Crippen LogP contribution is 2.42. The van der Waals surface area contributed by atoms with Crippen LogP contribution in [0.5, 0.6) is 11.5 Å². The number of β-amino-alcohol motifs (C(OH)–C–C–N with tert-alkyl or cyclic N) is 1. The highest BCUT2D eigenvalue weighted by atomic mass is 19.4. The van der Waals surface area contributed by atoms with Crippen molar-refractivity contribution in [1.82, 2.24) is 35.5 Å². The molecule has 2 aromatic heterocycles. The normalized spacial score (nSPS) is 13.9. The Morgan fingerprint density at radius 2 is 1.09 bits per heavy atom. The van der Waals surface area contributed by atoms with Crippen LogP contribution >= 0.6 is 0 Å². The molecule has 0 aliphatic carbocycles. The number of unbranched alkanes of at least 4 members (excludes halogenated alkanes) is 2. The van der Waals surface area contributed by atoms with Crippen molar-refractivity contribution in [3.63, 3.8) is 0 Å². The van der Waals surface area contributed by atoms with Gasteiger partial charge >= 0.3 is 18.1 Å². The molecule has 4 aromatic carbocycles. The Kier molecular flexibility index (Phi) is 41.8. The number of carbonyl (C=O) groups excluding carboxylic acids is 6. The van der Waals surface area contributed by atoms with Crippen molar-refractivity contribution >= 4 is 58.3 Å². The van der Waals surface area contributed by atoms with Gasteiger partial charge in [0.2, 0.25) is 23.7 Å². The maximum atomic E-state index is 13.9. The Balaban J connectivity index is 0.596. The molecule has 1 aliphatic heterocycles. The fourth-order valence-electron chi connectivity index (χ4n) is 11.7. The van der Waals surface area contributed by atoms with Crippen molar-refractivity contribution in [2.45, 2.75) is 95.3 Å². The van der Waals surface area contributed by atoms with Gasteiger partial charge in [-0.3, -0.25) is 44.0 Å². The molecular formula is C80H108F3N9O23. The van der Waals surface area contributed by atoms with E-state index in [-0.39, 0.29) is 111 Å². The first kappa shape index (κ1) is 93.0. The number of aromatic amines is 1. The molecule has 3 atom stereocenters. The van der Waals surface area contributed by atoms with Crippen LogP contribution in [-0.2, 0) is 97.7 Å². The molecule has 1 fully saturated rings. The number of hydrogen-bond donors (Lipinski definition) is 5. The lowest BCUT2D eigenvalue weighted by atomic mass is 9.80. The molecule has 115 heavy (non-hydrogen) atoms. The highest BCUT2D eigenvalue weighted by molar-refractivity contribution is 6.00. The number of carbonyl (C=O) groups is 6. The molecule has 5 amide bonds. The molecule has 0 unspecified atom stereocenters. The number of amides is 5. The van der Waals surface area contributed by atoms with Gasteiger partial charge in [0.15, 0.2) is 11.2 Å². The predicted octanol–water partition coefficient (Wildman–Crippen LogP) is 6.30. The summed E-state index contributed by atoms with van der Waals surface area (Å²) in [6.45, 7) is 11.6.